The summed E-state index contributed by atoms with van der Waals surface area (Å²) < 4.78 is 38.3. The van der Waals surface area contributed by atoms with E-state index < -0.39 is 15.9 Å². The molecule has 3 rings (SSSR count). The Hall–Kier alpha value is -3.32. The fourth-order valence-electron chi connectivity index (χ4n) is 2.98. The first kappa shape index (κ1) is 22.4. The van der Waals surface area contributed by atoms with Gasteiger partial charge in [-0.2, -0.15) is 0 Å². The van der Waals surface area contributed by atoms with Crippen LogP contribution >= 0.6 is 0 Å². The summed E-state index contributed by atoms with van der Waals surface area (Å²) in [6, 6.07) is 22.1. The van der Waals surface area contributed by atoms with Gasteiger partial charge in [-0.3, -0.25) is 4.79 Å². The molecule has 0 N–H and O–H groups in total. The molecule has 0 aliphatic heterocycles. The summed E-state index contributed by atoms with van der Waals surface area (Å²) in [5, 5.41) is 0. The second-order valence-corrected chi connectivity index (χ2v) is 8.73. The maximum atomic E-state index is 13.3. The fourth-order valence-corrected chi connectivity index (χ4v) is 4.43. The largest absolute Gasteiger partial charge is 0.497 e. The van der Waals surface area contributed by atoms with Crippen LogP contribution in [0.25, 0.3) is 0 Å². The van der Waals surface area contributed by atoms with Gasteiger partial charge in [-0.15, -0.1) is 0 Å². The van der Waals surface area contributed by atoms with Crippen molar-refractivity contribution in [1.82, 2.24) is 0 Å². The van der Waals surface area contributed by atoms with Gasteiger partial charge in [-0.05, 0) is 61.9 Å². The van der Waals surface area contributed by atoms with Crippen LogP contribution in [-0.2, 0) is 14.8 Å². The molecule has 31 heavy (non-hydrogen) atoms. The highest BCUT2D eigenvalue weighted by molar-refractivity contribution is 7.93. The van der Waals surface area contributed by atoms with Crippen molar-refractivity contribution in [2.24, 2.45) is 0 Å². The van der Waals surface area contributed by atoms with Crippen molar-refractivity contribution < 1.29 is 22.7 Å². The standard InChI is InChI=1S/C24H25NO5S/c1-19-10-16-23(17-11-19)31(27,28)25(20-12-14-21(29-2)15-13-20)24(26)9-6-18-30-22-7-4-3-5-8-22/h3-5,7-8,10-17H,6,9,18H2,1-2H3. The van der Waals surface area contributed by atoms with Crippen LogP contribution in [0.3, 0.4) is 0 Å². The second kappa shape index (κ2) is 10.1. The number of benzene rings is 3. The van der Waals surface area contributed by atoms with E-state index in [1.807, 2.05) is 37.3 Å². The SMILES string of the molecule is COc1ccc(N(C(=O)CCCOc2ccccc2)S(=O)(=O)c2ccc(C)cc2)cc1. The molecular weight excluding hydrogens is 414 g/mol. The van der Waals surface area contributed by atoms with Crippen molar-refractivity contribution in [3.05, 3.63) is 84.4 Å². The van der Waals surface area contributed by atoms with Crippen molar-refractivity contribution >= 4 is 21.6 Å². The van der Waals surface area contributed by atoms with Gasteiger partial charge in [-0.25, -0.2) is 12.7 Å². The van der Waals surface area contributed by atoms with Crippen molar-refractivity contribution in [3.63, 3.8) is 0 Å². The zero-order chi connectivity index (χ0) is 22.3. The number of methoxy groups -OCH3 is 1. The molecule has 0 aliphatic rings. The van der Waals surface area contributed by atoms with Gasteiger partial charge >= 0.3 is 0 Å². The van der Waals surface area contributed by atoms with E-state index in [1.54, 1.807) is 36.4 Å². The lowest BCUT2D eigenvalue weighted by Gasteiger charge is -2.23. The molecule has 3 aromatic carbocycles. The molecule has 3 aromatic rings. The smallest absolute Gasteiger partial charge is 0.270 e. The quantitative estimate of drug-likeness (QED) is 0.456. The Morgan fingerprint density at radius 1 is 0.871 bits per heavy atom. The molecule has 0 radical (unpaired) electrons. The minimum absolute atomic E-state index is 0.0178. The molecule has 0 aromatic heterocycles. The number of nitrogens with zero attached hydrogens (tertiary/aromatic N) is 1. The van der Waals surface area contributed by atoms with E-state index >= 15 is 0 Å². The number of rotatable bonds is 9. The molecule has 0 saturated heterocycles. The van der Waals surface area contributed by atoms with Crippen LogP contribution in [0.15, 0.2) is 83.8 Å². The van der Waals surface area contributed by atoms with E-state index in [-0.39, 0.29) is 17.0 Å². The number of hydrogen-bond acceptors (Lipinski definition) is 5. The van der Waals surface area contributed by atoms with Crippen LogP contribution in [0.2, 0.25) is 0 Å². The molecule has 0 bridgehead atoms. The lowest BCUT2D eigenvalue weighted by molar-refractivity contribution is -0.117. The van der Waals surface area contributed by atoms with Crippen molar-refractivity contribution in [3.8, 4) is 11.5 Å². The summed E-state index contributed by atoms with van der Waals surface area (Å²) in [6.45, 7) is 2.17. The van der Waals surface area contributed by atoms with Gasteiger partial charge in [-0.1, -0.05) is 35.9 Å². The molecule has 0 atom stereocenters. The Kier molecular flexibility index (Phi) is 7.31. The molecule has 0 spiro atoms. The van der Waals surface area contributed by atoms with E-state index in [9.17, 15) is 13.2 Å². The van der Waals surface area contributed by atoms with Gasteiger partial charge in [0.15, 0.2) is 0 Å². The minimum Gasteiger partial charge on any atom is -0.497 e. The van der Waals surface area contributed by atoms with Gasteiger partial charge < -0.3 is 9.47 Å². The van der Waals surface area contributed by atoms with Crippen molar-refractivity contribution in [1.29, 1.82) is 0 Å². The summed E-state index contributed by atoms with van der Waals surface area (Å²) >= 11 is 0. The maximum Gasteiger partial charge on any atom is 0.270 e. The van der Waals surface area contributed by atoms with E-state index in [4.69, 9.17) is 9.47 Å². The third-order valence-corrected chi connectivity index (χ3v) is 6.40. The van der Waals surface area contributed by atoms with Gasteiger partial charge in [0.1, 0.15) is 11.5 Å². The Balaban J connectivity index is 1.80. The van der Waals surface area contributed by atoms with Gasteiger partial charge in [0, 0.05) is 6.42 Å². The highest BCUT2D eigenvalue weighted by Crippen LogP contribution is 2.27. The molecule has 1 amide bonds. The predicted molar refractivity (Wildman–Crippen MR) is 120 cm³/mol. The molecule has 7 heteroatoms. The lowest BCUT2D eigenvalue weighted by Crippen LogP contribution is -2.37. The molecular formula is C24H25NO5S. The Morgan fingerprint density at radius 2 is 1.52 bits per heavy atom. The van der Waals surface area contributed by atoms with Crippen LogP contribution in [0.1, 0.15) is 18.4 Å². The molecule has 6 nitrogen and oxygen atoms in total. The first-order valence-corrected chi connectivity index (χ1v) is 11.3. The molecule has 0 aliphatic carbocycles. The van der Waals surface area contributed by atoms with Crippen LogP contribution in [0.4, 0.5) is 5.69 Å². The van der Waals surface area contributed by atoms with E-state index in [2.05, 4.69) is 0 Å². The van der Waals surface area contributed by atoms with Crippen LogP contribution in [0, 0.1) is 6.92 Å². The summed E-state index contributed by atoms with van der Waals surface area (Å²) in [7, 11) is -2.56. The third-order valence-electron chi connectivity index (χ3n) is 4.64. The Bertz CT molecular complexity index is 1090. The van der Waals surface area contributed by atoms with E-state index in [0.29, 0.717) is 24.5 Å². The zero-order valence-corrected chi connectivity index (χ0v) is 18.3. The van der Waals surface area contributed by atoms with Crippen LogP contribution in [0.5, 0.6) is 11.5 Å². The number of ether oxygens (including phenoxy) is 2. The number of carbonyl (C=O) groups excluding carboxylic acids is 1. The summed E-state index contributed by atoms with van der Waals surface area (Å²) in [4.78, 5) is 13.1. The number of sulfonamides is 1. The zero-order valence-electron chi connectivity index (χ0n) is 17.5. The highest BCUT2D eigenvalue weighted by Gasteiger charge is 2.30. The average Bonchev–Trinajstić information content (AvgIpc) is 2.78. The number of amides is 1. The van der Waals surface area contributed by atoms with Crippen LogP contribution in [-0.4, -0.2) is 28.0 Å². The highest BCUT2D eigenvalue weighted by atomic mass is 32.2. The minimum atomic E-state index is -4.08. The topological polar surface area (TPSA) is 72.9 Å². The first-order chi connectivity index (χ1) is 14.9. The van der Waals surface area contributed by atoms with E-state index in [0.717, 1.165) is 9.87 Å². The molecule has 162 valence electrons. The summed E-state index contributed by atoms with van der Waals surface area (Å²) in [6.07, 6.45) is 0.397. The van der Waals surface area contributed by atoms with Crippen molar-refractivity contribution in [2.45, 2.75) is 24.7 Å². The monoisotopic (exact) mass is 439 g/mol. The predicted octanol–water partition coefficient (Wildman–Crippen LogP) is 4.58. The number of para-hydroxylation sites is 1. The van der Waals surface area contributed by atoms with Gasteiger partial charge in [0.05, 0.1) is 24.3 Å². The molecule has 0 saturated carbocycles. The number of anilines is 1. The first-order valence-electron chi connectivity index (χ1n) is 9.88. The Morgan fingerprint density at radius 3 is 2.13 bits per heavy atom. The van der Waals surface area contributed by atoms with Crippen molar-refractivity contribution in [2.75, 3.05) is 18.0 Å². The normalized spacial score (nSPS) is 11.0. The molecule has 0 fully saturated rings. The van der Waals surface area contributed by atoms with Gasteiger partial charge in [0.25, 0.3) is 10.0 Å². The summed E-state index contributed by atoms with van der Waals surface area (Å²) in [5.41, 5.74) is 1.19. The second-order valence-electron chi connectivity index (χ2n) is 6.94. The molecule has 0 heterocycles. The third kappa shape index (κ3) is 5.64. The van der Waals surface area contributed by atoms with Gasteiger partial charge in [0.2, 0.25) is 5.91 Å². The number of carbonyl (C=O) groups is 1. The Labute approximate surface area is 183 Å². The lowest BCUT2D eigenvalue weighted by atomic mass is 10.2. The van der Waals surface area contributed by atoms with Crippen LogP contribution < -0.4 is 13.8 Å². The van der Waals surface area contributed by atoms with E-state index in [1.165, 1.54) is 19.2 Å². The number of aryl methyl sites for hydroxylation is 1. The number of hydrogen-bond donors (Lipinski definition) is 0. The maximum absolute atomic E-state index is 13.3. The fraction of sp³-hybridized carbons (Fsp3) is 0.208. The average molecular weight is 440 g/mol. The summed E-state index contributed by atoms with van der Waals surface area (Å²) in [5.74, 6) is 0.747. The molecule has 0 unspecified atom stereocenters.